The molecule has 0 aliphatic heterocycles. The third-order valence-corrected chi connectivity index (χ3v) is 4.55. The molecule has 0 saturated heterocycles. The molecule has 0 fully saturated rings. The molecule has 3 rings (SSSR count). The minimum Gasteiger partial charge on any atom is -0.454 e. The summed E-state index contributed by atoms with van der Waals surface area (Å²) in [7, 11) is 0. The van der Waals surface area contributed by atoms with E-state index in [0.29, 0.717) is 31.2 Å². The van der Waals surface area contributed by atoms with Gasteiger partial charge in [-0.15, -0.1) is 11.3 Å². The number of amides is 1. The van der Waals surface area contributed by atoms with Gasteiger partial charge < -0.3 is 13.9 Å². The van der Waals surface area contributed by atoms with Gasteiger partial charge in [0.1, 0.15) is 5.76 Å². The second kappa shape index (κ2) is 7.31. The summed E-state index contributed by atoms with van der Waals surface area (Å²) in [5, 5.41) is 2.00. The van der Waals surface area contributed by atoms with Gasteiger partial charge in [-0.1, -0.05) is 12.1 Å². The van der Waals surface area contributed by atoms with Crippen LogP contribution in [0.3, 0.4) is 0 Å². The van der Waals surface area contributed by atoms with Crippen molar-refractivity contribution in [3.63, 3.8) is 0 Å². The minimum absolute atomic E-state index is 0.102. The Labute approximate surface area is 143 Å². The standard InChI is InChI=1S/C18H18N2O3S/c1-2-19(13-15-6-5-11-24-15)18(22)16-9-8-14(23-16)12-20-10-4-3-7-17(20)21/h3-11H,2,12-13H2,1H3. The third kappa shape index (κ3) is 3.65. The molecule has 0 unspecified atom stereocenters. The van der Waals surface area contributed by atoms with Crippen molar-refractivity contribution >= 4 is 17.2 Å². The van der Waals surface area contributed by atoms with Crippen LogP contribution in [-0.2, 0) is 13.1 Å². The number of thiophene rings is 1. The summed E-state index contributed by atoms with van der Waals surface area (Å²) >= 11 is 1.63. The number of nitrogens with zero attached hydrogens (tertiary/aromatic N) is 2. The molecule has 0 aliphatic rings. The van der Waals surface area contributed by atoms with Crippen molar-refractivity contribution < 1.29 is 9.21 Å². The fourth-order valence-corrected chi connectivity index (χ4v) is 3.13. The molecular weight excluding hydrogens is 324 g/mol. The van der Waals surface area contributed by atoms with E-state index in [9.17, 15) is 9.59 Å². The fourth-order valence-electron chi connectivity index (χ4n) is 2.41. The number of carbonyl (C=O) groups excluding carboxylic acids is 1. The van der Waals surface area contributed by atoms with Gasteiger partial charge in [0.25, 0.3) is 11.5 Å². The number of aromatic nitrogens is 1. The van der Waals surface area contributed by atoms with Crippen molar-refractivity contribution in [3.8, 4) is 0 Å². The zero-order chi connectivity index (χ0) is 16.9. The molecule has 0 bridgehead atoms. The number of carbonyl (C=O) groups is 1. The molecule has 1 amide bonds. The average molecular weight is 342 g/mol. The first-order chi connectivity index (χ1) is 11.7. The zero-order valence-electron chi connectivity index (χ0n) is 13.3. The van der Waals surface area contributed by atoms with E-state index in [1.165, 1.54) is 10.6 Å². The zero-order valence-corrected chi connectivity index (χ0v) is 14.2. The quantitative estimate of drug-likeness (QED) is 0.691. The molecule has 0 radical (unpaired) electrons. The molecule has 0 aliphatic carbocycles. The van der Waals surface area contributed by atoms with Crippen LogP contribution in [0, 0.1) is 0 Å². The predicted octanol–water partition coefficient (Wildman–Crippen LogP) is 3.21. The van der Waals surface area contributed by atoms with Crippen molar-refractivity contribution in [2.45, 2.75) is 20.0 Å². The summed E-state index contributed by atoms with van der Waals surface area (Å²) in [6, 6.07) is 12.4. The second-order valence-corrected chi connectivity index (χ2v) is 6.36. The lowest BCUT2D eigenvalue weighted by atomic mass is 10.3. The molecule has 3 heterocycles. The normalized spacial score (nSPS) is 10.7. The van der Waals surface area contributed by atoms with Gasteiger partial charge in [0, 0.05) is 23.7 Å². The molecule has 0 atom stereocenters. The van der Waals surface area contributed by atoms with Crippen LogP contribution in [0.2, 0.25) is 0 Å². The van der Waals surface area contributed by atoms with Crippen molar-refractivity contribution in [1.29, 1.82) is 0 Å². The molecule has 6 heteroatoms. The molecule has 5 nitrogen and oxygen atoms in total. The van der Waals surface area contributed by atoms with Crippen LogP contribution in [0.15, 0.2) is 63.3 Å². The molecule has 3 aromatic rings. The van der Waals surface area contributed by atoms with Gasteiger partial charge >= 0.3 is 0 Å². The van der Waals surface area contributed by atoms with Crippen molar-refractivity contribution in [1.82, 2.24) is 9.47 Å². The first-order valence-corrected chi connectivity index (χ1v) is 8.61. The molecule has 0 N–H and O–H groups in total. The predicted molar refractivity (Wildman–Crippen MR) is 93.2 cm³/mol. The fraction of sp³-hybridized carbons (Fsp3) is 0.222. The largest absolute Gasteiger partial charge is 0.454 e. The average Bonchev–Trinajstić information content (AvgIpc) is 3.26. The molecular formula is C18H18N2O3S. The summed E-state index contributed by atoms with van der Waals surface area (Å²) in [6.45, 7) is 3.43. The van der Waals surface area contributed by atoms with Gasteiger partial charge in [-0.2, -0.15) is 0 Å². The molecule has 24 heavy (non-hydrogen) atoms. The van der Waals surface area contributed by atoms with Crippen LogP contribution in [-0.4, -0.2) is 21.9 Å². The van der Waals surface area contributed by atoms with Crippen LogP contribution < -0.4 is 5.56 Å². The Kier molecular flexibility index (Phi) is 4.96. The van der Waals surface area contributed by atoms with E-state index in [4.69, 9.17) is 4.42 Å². The lowest BCUT2D eigenvalue weighted by Gasteiger charge is -2.18. The number of pyridine rings is 1. The summed E-state index contributed by atoms with van der Waals surface area (Å²) < 4.78 is 7.20. The van der Waals surface area contributed by atoms with Crippen molar-refractivity contribution in [2.24, 2.45) is 0 Å². The van der Waals surface area contributed by atoms with E-state index in [-0.39, 0.29) is 11.5 Å². The third-order valence-electron chi connectivity index (χ3n) is 3.69. The Morgan fingerprint density at radius 1 is 1.21 bits per heavy atom. The van der Waals surface area contributed by atoms with Gasteiger partial charge in [0.15, 0.2) is 5.76 Å². The van der Waals surface area contributed by atoms with Crippen LogP contribution in [0.4, 0.5) is 0 Å². The minimum atomic E-state index is -0.141. The number of rotatable bonds is 6. The van der Waals surface area contributed by atoms with E-state index < -0.39 is 0 Å². The highest BCUT2D eigenvalue weighted by Gasteiger charge is 2.18. The highest BCUT2D eigenvalue weighted by molar-refractivity contribution is 7.09. The molecule has 0 aromatic carbocycles. The smallest absolute Gasteiger partial charge is 0.289 e. The van der Waals surface area contributed by atoms with Gasteiger partial charge in [-0.05, 0) is 36.6 Å². The van der Waals surface area contributed by atoms with E-state index in [1.54, 1.807) is 46.7 Å². The maximum atomic E-state index is 12.6. The highest BCUT2D eigenvalue weighted by Crippen LogP contribution is 2.16. The molecule has 0 saturated carbocycles. The van der Waals surface area contributed by atoms with E-state index in [0.717, 1.165) is 4.88 Å². The Hall–Kier alpha value is -2.60. The maximum absolute atomic E-state index is 12.6. The lowest BCUT2D eigenvalue weighted by molar-refractivity contribution is 0.0720. The van der Waals surface area contributed by atoms with Gasteiger partial charge in [-0.25, -0.2) is 0 Å². The summed E-state index contributed by atoms with van der Waals surface area (Å²) in [6.07, 6.45) is 1.70. The van der Waals surface area contributed by atoms with Crippen LogP contribution in [0.5, 0.6) is 0 Å². The number of hydrogen-bond donors (Lipinski definition) is 0. The maximum Gasteiger partial charge on any atom is 0.289 e. The highest BCUT2D eigenvalue weighted by atomic mass is 32.1. The molecule has 3 aromatic heterocycles. The topological polar surface area (TPSA) is 55.5 Å². The molecule has 124 valence electrons. The van der Waals surface area contributed by atoms with Gasteiger partial charge in [-0.3, -0.25) is 9.59 Å². The van der Waals surface area contributed by atoms with Gasteiger partial charge in [0.2, 0.25) is 0 Å². The monoisotopic (exact) mass is 342 g/mol. The Morgan fingerprint density at radius 2 is 2.08 bits per heavy atom. The molecule has 0 spiro atoms. The Morgan fingerprint density at radius 3 is 2.79 bits per heavy atom. The van der Waals surface area contributed by atoms with Gasteiger partial charge in [0.05, 0.1) is 13.1 Å². The first kappa shape index (κ1) is 16.3. The van der Waals surface area contributed by atoms with Crippen LogP contribution in [0.25, 0.3) is 0 Å². The van der Waals surface area contributed by atoms with E-state index in [2.05, 4.69) is 0 Å². The van der Waals surface area contributed by atoms with Crippen molar-refractivity contribution in [2.75, 3.05) is 6.54 Å². The Bertz CT molecular complexity index is 864. The Balaban J connectivity index is 1.73. The van der Waals surface area contributed by atoms with Crippen LogP contribution >= 0.6 is 11.3 Å². The van der Waals surface area contributed by atoms with Crippen LogP contribution in [0.1, 0.15) is 28.1 Å². The summed E-state index contributed by atoms with van der Waals surface area (Å²) in [4.78, 5) is 27.2. The van der Waals surface area contributed by atoms with E-state index in [1.807, 2.05) is 24.4 Å². The summed E-state index contributed by atoms with van der Waals surface area (Å²) in [5.41, 5.74) is -0.102. The summed E-state index contributed by atoms with van der Waals surface area (Å²) in [5.74, 6) is 0.740. The van der Waals surface area contributed by atoms with E-state index >= 15 is 0 Å². The lowest BCUT2D eigenvalue weighted by Crippen LogP contribution is -2.29. The first-order valence-electron chi connectivity index (χ1n) is 7.73. The second-order valence-electron chi connectivity index (χ2n) is 5.33. The SMILES string of the molecule is CCN(Cc1cccs1)C(=O)c1ccc(Cn2ccccc2=O)o1. The van der Waals surface area contributed by atoms with Crippen molar-refractivity contribution in [3.05, 3.63) is 80.8 Å². The number of furan rings is 1. The number of hydrogen-bond acceptors (Lipinski definition) is 4.